The van der Waals surface area contributed by atoms with Gasteiger partial charge in [0.25, 0.3) is 0 Å². The van der Waals surface area contributed by atoms with Crippen molar-refractivity contribution in [2.75, 3.05) is 4.90 Å². The van der Waals surface area contributed by atoms with Gasteiger partial charge in [-0.25, -0.2) is 4.98 Å². The number of rotatable bonds is 1. The third-order valence-corrected chi connectivity index (χ3v) is 2.54. The van der Waals surface area contributed by atoms with Gasteiger partial charge in [-0.15, -0.1) is 0 Å². The molecule has 4 nitrogen and oxygen atoms in total. The van der Waals surface area contributed by atoms with Crippen LogP contribution in [-0.4, -0.2) is 16.6 Å². The Labute approximate surface area is 103 Å². The van der Waals surface area contributed by atoms with Gasteiger partial charge in [-0.05, 0) is 55.3 Å². The number of carboxylic acid groups (broad SMARTS) is 1. The summed E-state index contributed by atoms with van der Waals surface area (Å²) >= 11 is 3.23. The van der Waals surface area contributed by atoms with Gasteiger partial charge in [0.05, 0.1) is 0 Å². The van der Waals surface area contributed by atoms with Gasteiger partial charge >= 0.3 is 0 Å². The first-order valence-electron chi connectivity index (χ1n) is 4.88. The fourth-order valence-corrected chi connectivity index (χ4v) is 1.70. The number of hydrogen-bond donors (Lipinski definition) is 0. The minimum atomic E-state index is -1.25. The Hall–Kier alpha value is -1.10. The first-order chi connectivity index (χ1) is 7.23. The van der Waals surface area contributed by atoms with Gasteiger partial charge in [0.2, 0.25) is 0 Å². The number of nitrogens with zero attached hydrogens (tertiary/aromatic N) is 2. The Kier molecular flexibility index (Phi) is 3.57. The van der Waals surface area contributed by atoms with Crippen LogP contribution in [0, 0.1) is 6.92 Å². The second-order valence-corrected chi connectivity index (χ2v) is 5.36. The van der Waals surface area contributed by atoms with E-state index in [1.807, 2.05) is 13.0 Å². The number of carbonyl (C=O) groups excluding carboxylic acids is 1. The fraction of sp³-hybridized carbons (Fsp3) is 0.455. The van der Waals surface area contributed by atoms with E-state index in [-0.39, 0.29) is 0 Å². The molecule has 0 N–H and O–H groups in total. The van der Waals surface area contributed by atoms with Crippen molar-refractivity contribution in [3.05, 3.63) is 22.3 Å². The number of hydrogen-bond acceptors (Lipinski definition) is 3. The lowest BCUT2D eigenvalue weighted by molar-refractivity contribution is -0.247. The second-order valence-electron chi connectivity index (χ2n) is 4.55. The third kappa shape index (κ3) is 2.72. The molecule has 1 heterocycles. The van der Waals surface area contributed by atoms with E-state index in [2.05, 4.69) is 20.9 Å². The molecule has 0 bridgehead atoms. The molecule has 0 spiro atoms. The van der Waals surface area contributed by atoms with Crippen LogP contribution in [-0.2, 0) is 0 Å². The van der Waals surface area contributed by atoms with E-state index in [1.54, 1.807) is 26.8 Å². The quantitative estimate of drug-likeness (QED) is 0.743. The van der Waals surface area contributed by atoms with E-state index in [9.17, 15) is 9.90 Å². The summed E-state index contributed by atoms with van der Waals surface area (Å²) in [6.45, 7) is 7.21. The van der Waals surface area contributed by atoms with Crippen LogP contribution in [0.2, 0.25) is 0 Å². The van der Waals surface area contributed by atoms with Crippen molar-refractivity contribution in [3.8, 4) is 0 Å². The van der Waals surface area contributed by atoms with Crippen molar-refractivity contribution < 1.29 is 9.90 Å². The lowest BCUT2D eigenvalue weighted by Gasteiger charge is -2.37. The Bertz CT molecular complexity index is 413. The number of amides is 1. The van der Waals surface area contributed by atoms with Crippen molar-refractivity contribution in [2.24, 2.45) is 0 Å². The van der Waals surface area contributed by atoms with Crippen LogP contribution in [0.15, 0.2) is 16.7 Å². The minimum Gasteiger partial charge on any atom is -0.530 e. The largest absolute Gasteiger partial charge is 0.530 e. The van der Waals surface area contributed by atoms with Crippen LogP contribution < -0.4 is 10.0 Å². The molecule has 88 valence electrons. The van der Waals surface area contributed by atoms with E-state index in [0.717, 1.165) is 10.5 Å². The van der Waals surface area contributed by atoms with Crippen LogP contribution in [0.5, 0.6) is 0 Å². The monoisotopic (exact) mass is 285 g/mol. The predicted molar refractivity (Wildman–Crippen MR) is 64.3 cm³/mol. The number of halogens is 1. The lowest BCUT2D eigenvalue weighted by Crippen LogP contribution is -2.52. The maximum atomic E-state index is 11.2. The maximum Gasteiger partial charge on any atom is 0.143 e. The van der Waals surface area contributed by atoms with E-state index in [0.29, 0.717) is 10.4 Å². The second kappa shape index (κ2) is 4.41. The number of aromatic nitrogens is 1. The average molecular weight is 286 g/mol. The molecule has 0 aliphatic carbocycles. The predicted octanol–water partition coefficient (Wildman–Crippen LogP) is 2.10. The summed E-state index contributed by atoms with van der Waals surface area (Å²) in [6, 6.07) is 3.59. The summed E-state index contributed by atoms with van der Waals surface area (Å²) in [5.41, 5.74) is 0.208. The van der Waals surface area contributed by atoms with E-state index in [1.165, 1.54) is 0 Å². The average Bonchev–Trinajstić information content (AvgIpc) is 2.08. The lowest BCUT2D eigenvalue weighted by atomic mass is 10.1. The first-order valence-corrected chi connectivity index (χ1v) is 5.67. The highest BCUT2D eigenvalue weighted by Gasteiger charge is 2.25. The van der Waals surface area contributed by atoms with Crippen LogP contribution in [0.3, 0.4) is 0 Å². The van der Waals surface area contributed by atoms with Gasteiger partial charge in [-0.3, -0.25) is 0 Å². The molecule has 5 heteroatoms. The molecule has 0 atom stereocenters. The van der Waals surface area contributed by atoms with Gasteiger partial charge in [0.15, 0.2) is 0 Å². The molecular formula is C11H14BrN2O2-. The Morgan fingerprint density at radius 2 is 2.00 bits per heavy atom. The highest BCUT2D eigenvalue weighted by atomic mass is 79.9. The first kappa shape index (κ1) is 13.0. The number of pyridine rings is 1. The summed E-state index contributed by atoms with van der Waals surface area (Å²) < 4.78 is 0.601. The van der Waals surface area contributed by atoms with E-state index >= 15 is 0 Å². The van der Waals surface area contributed by atoms with Crippen LogP contribution in [0.4, 0.5) is 10.6 Å². The Balaban J connectivity index is 3.32. The molecule has 0 unspecified atom stereocenters. The van der Waals surface area contributed by atoms with Gasteiger partial charge < -0.3 is 14.8 Å². The molecule has 1 aromatic rings. The molecule has 16 heavy (non-hydrogen) atoms. The molecule has 0 aliphatic rings. The molecule has 1 rings (SSSR count). The van der Waals surface area contributed by atoms with Crippen LogP contribution in [0.1, 0.15) is 26.3 Å². The minimum absolute atomic E-state index is 0.405. The number of anilines is 1. The smallest absolute Gasteiger partial charge is 0.143 e. The van der Waals surface area contributed by atoms with Crippen molar-refractivity contribution in [2.45, 2.75) is 33.2 Å². The highest BCUT2D eigenvalue weighted by Crippen LogP contribution is 2.26. The van der Waals surface area contributed by atoms with Gasteiger partial charge in [-0.2, -0.15) is 0 Å². The van der Waals surface area contributed by atoms with Crippen molar-refractivity contribution in [1.29, 1.82) is 0 Å². The maximum absolute atomic E-state index is 11.2. The normalized spacial score (nSPS) is 11.3. The zero-order valence-corrected chi connectivity index (χ0v) is 11.3. The number of aryl methyl sites for hydroxylation is 1. The van der Waals surface area contributed by atoms with Crippen molar-refractivity contribution >= 4 is 27.8 Å². The Morgan fingerprint density at radius 3 is 2.44 bits per heavy atom. The molecule has 0 saturated carbocycles. The van der Waals surface area contributed by atoms with Crippen LogP contribution in [0.25, 0.3) is 0 Å². The van der Waals surface area contributed by atoms with E-state index in [4.69, 9.17) is 0 Å². The zero-order chi connectivity index (χ0) is 12.5. The molecule has 0 fully saturated rings. The molecule has 0 aliphatic heterocycles. The summed E-state index contributed by atoms with van der Waals surface area (Å²) in [5.74, 6) is 0.405. The zero-order valence-electron chi connectivity index (χ0n) is 9.74. The summed E-state index contributed by atoms with van der Waals surface area (Å²) in [5, 5.41) is 11.2. The molecule has 1 aromatic heterocycles. The van der Waals surface area contributed by atoms with E-state index < -0.39 is 11.6 Å². The SMILES string of the molecule is Cc1ccc(Br)nc1N(C(=O)[O-])C(C)(C)C. The molecule has 0 aromatic carbocycles. The summed E-state index contributed by atoms with van der Waals surface area (Å²) in [7, 11) is 0. The third-order valence-electron chi connectivity index (χ3n) is 2.10. The highest BCUT2D eigenvalue weighted by molar-refractivity contribution is 9.10. The van der Waals surface area contributed by atoms with Crippen LogP contribution >= 0.6 is 15.9 Å². The molecule has 0 radical (unpaired) electrons. The topological polar surface area (TPSA) is 56.3 Å². The van der Waals surface area contributed by atoms with Gasteiger partial charge in [0, 0.05) is 5.54 Å². The molecular weight excluding hydrogens is 272 g/mol. The van der Waals surface area contributed by atoms with Crippen molar-refractivity contribution in [3.63, 3.8) is 0 Å². The Morgan fingerprint density at radius 1 is 1.44 bits per heavy atom. The fourth-order valence-electron chi connectivity index (χ4n) is 1.40. The van der Waals surface area contributed by atoms with Gasteiger partial charge in [0.1, 0.15) is 16.5 Å². The molecule has 0 saturated heterocycles. The molecule has 1 amide bonds. The standard InChI is InChI=1S/C11H15BrN2O2/c1-7-5-6-8(12)13-9(7)14(10(15)16)11(2,3)4/h5-6H,1-4H3,(H,15,16)/p-1. The summed E-state index contributed by atoms with van der Waals surface area (Å²) in [6.07, 6.45) is -1.25. The van der Waals surface area contributed by atoms with Crippen molar-refractivity contribution in [1.82, 2.24) is 4.98 Å². The summed E-state index contributed by atoms with van der Waals surface area (Å²) in [4.78, 5) is 16.5. The number of carbonyl (C=O) groups is 1. The van der Waals surface area contributed by atoms with Gasteiger partial charge in [-0.1, -0.05) is 6.07 Å².